The summed E-state index contributed by atoms with van der Waals surface area (Å²) in [7, 11) is -4.81. The maximum Gasteiger partial charge on any atom is 1.00 e. The Labute approximate surface area is 168 Å². The Kier molecular flexibility index (Phi) is 16.1. The van der Waals surface area contributed by atoms with E-state index in [0.29, 0.717) is 24.3 Å². The molecule has 0 aliphatic heterocycles. The van der Waals surface area contributed by atoms with Gasteiger partial charge in [-0.3, -0.25) is 0 Å². The van der Waals surface area contributed by atoms with Crippen molar-refractivity contribution in [1.82, 2.24) is 0 Å². The molecule has 0 saturated carbocycles. The van der Waals surface area contributed by atoms with Gasteiger partial charge in [-0.15, -0.1) is 0 Å². The van der Waals surface area contributed by atoms with Crippen LogP contribution in [0.25, 0.3) is 0 Å². The average molecular weight is 390 g/mol. The van der Waals surface area contributed by atoms with E-state index in [1.54, 1.807) is 0 Å². The van der Waals surface area contributed by atoms with Crippen LogP contribution in [-0.2, 0) is 41.7 Å². The Balaban J connectivity index is -0.000000844. The molecule has 0 unspecified atom stereocenters. The third kappa shape index (κ3) is 13.8. The number of carboxylic acids is 1. The molecule has 0 bridgehead atoms. The predicted octanol–water partition coefficient (Wildman–Crippen LogP) is -3.73. The SMILES string of the molecule is C=CC(=O)O[Si](OC(=O)C=C)(OC(=O)C=C)OC(=O)C=C.C=CC(=O)[O-].[Li+]. The van der Waals surface area contributed by atoms with Gasteiger partial charge in [0.15, 0.2) is 0 Å². The van der Waals surface area contributed by atoms with E-state index in [9.17, 15) is 19.2 Å². The molecule has 27 heavy (non-hydrogen) atoms. The summed E-state index contributed by atoms with van der Waals surface area (Å²) in [4.78, 5) is 54.3. The van der Waals surface area contributed by atoms with E-state index in [4.69, 9.17) is 9.90 Å². The van der Waals surface area contributed by atoms with Gasteiger partial charge in [-0.2, -0.15) is 0 Å². The van der Waals surface area contributed by atoms with Crippen LogP contribution in [0.15, 0.2) is 63.3 Å². The molecular weight excluding hydrogens is 375 g/mol. The average Bonchev–Trinajstić information content (AvgIpc) is 2.61. The van der Waals surface area contributed by atoms with Crippen LogP contribution in [0, 0.1) is 0 Å². The zero-order chi connectivity index (χ0) is 20.8. The molecule has 0 fully saturated rings. The molecule has 0 aliphatic carbocycles. The fourth-order valence-corrected chi connectivity index (χ4v) is 2.35. The smallest absolute Gasteiger partial charge is 0.545 e. The summed E-state index contributed by atoms with van der Waals surface area (Å²) in [6.45, 7) is 15.3. The van der Waals surface area contributed by atoms with Crippen LogP contribution in [-0.4, -0.2) is 38.9 Å². The van der Waals surface area contributed by atoms with E-state index in [-0.39, 0.29) is 18.9 Å². The molecule has 10 nitrogen and oxygen atoms in total. The molecule has 0 radical (unpaired) electrons. The Morgan fingerprint density at radius 2 is 0.778 bits per heavy atom. The van der Waals surface area contributed by atoms with Crippen LogP contribution in [0.5, 0.6) is 0 Å². The Morgan fingerprint density at radius 1 is 0.593 bits per heavy atom. The van der Waals surface area contributed by atoms with Crippen molar-refractivity contribution in [3.63, 3.8) is 0 Å². The van der Waals surface area contributed by atoms with E-state index in [1.807, 2.05) is 0 Å². The molecule has 0 saturated heterocycles. The number of rotatable bonds is 9. The van der Waals surface area contributed by atoms with Crippen molar-refractivity contribution in [2.24, 2.45) is 0 Å². The van der Waals surface area contributed by atoms with Crippen LogP contribution in [0.3, 0.4) is 0 Å². The van der Waals surface area contributed by atoms with Gasteiger partial charge in [0, 0.05) is 24.3 Å². The van der Waals surface area contributed by atoms with Crippen molar-refractivity contribution < 1.29 is 65.6 Å². The van der Waals surface area contributed by atoms with Crippen LogP contribution in [0.1, 0.15) is 0 Å². The molecule has 0 rings (SSSR count). The number of aliphatic carboxylic acids is 1. The van der Waals surface area contributed by atoms with Gasteiger partial charge in [-0.25, -0.2) is 19.2 Å². The van der Waals surface area contributed by atoms with Crippen molar-refractivity contribution in [1.29, 1.82) is 0 Å². The third-order valence-corrected chi connectivity index (χ3v) is 3.54. The van der Waals surface area contributed by atoms with Gasteiger partial charge in [0.25, 0.3) is 0 Å². The van der Waals surface area contributed by atoms with Crippen molar-refractivity contribution in [3.8, 4) is 0 Å². The largest absolute Gasteiger partial charge is 1.00 e. The fourth-order valence-electron chi connectivity index (χ4n) is 0.784. The molecule has 0 atom stereocenters. The van der Waals surface area contributed by atoms with Crippen LogP contribution in [0.4, 0.5) is 0 Å². The van der Waals surface area contributed by atoms with E-state index in [2.05, 4.69) is 50.6 Å². The van der Waals surface area contributed by atoms with Gasteiger partial charge in [-0.1, -0.05) is 32.9 Å². The van der Waals surface area contributed by atoms with Gasteiger partial charge in [0.1, 0.15) is 0 Å². The first kappa shape index (κ1) is 28.7. The molecule has 0 spiro atoms. The van der Waals surface area contributed by atoms with E-state index >= 15 is 0 Å². The van der Waals surface area contributed by atoms with E-state index in [0.717, 1.165) is 6.08 Å². The molecular formula is C15H15LiO10Si. The van der Waals surface area contributed by atoms with Gasteiger partial charge in [0.2, 0.25) is 0 Å². The molecule has 0 aromatic carbocycles. The molecule has 0 aromatic rings. The summed E-state index contributed by atoms with van der Waals surface area (Å²) in [6.07, 6.45) is 3.47. The maximum atomic E-state index is 11.3. The summed E-state index contributed by atoms with van der Waals surface area (Å²) in [5.74, 6) is -5.82. The number of hydrogen-bond donors (Lipinski definition) is 0. The summed E-state index contributed by atoms with van der Waals surface area (Å²) in [5, 5.41) is 9.14. The first-order chi connectivity index (χ1) is 12.1. The Bertz CT molecular complexity index is 547. The monoisotopic (exact) mass is 390 g/mol. The normalized spacial score (nSPS) is 8.59. The summed E-state index contributed by atoms with van der Waals surface area (Å²) in [6, 6.07) is 0. The summed E-state index contributed by atoms with van der Waals surface area (Å²) in [5.41, 5.74) is 0. The Hall–Kier alpha value is -3.14. The third-order valence-electron chi connectivity index (χ3n) is 1.74. The second-order valence-electron chi connectivity index (χ2n) is 3.52. The minimum Gasteiger partial charge on any atom is -0.545 e. The minimum atomic E-state index is -4.81. The number of carbonyl (C=O) groups is 5. The second-order valence-corrected chi connectivity index (χ2v) is 5.34. The number of hydrogen-bond acceptors (Lipinski definition) is 10. The van der Waals surface area contributed by atoms with Crippen molar-refractivity contribution in [3.05, 3.63) is 63.3 Å². The minimum absolute atomic E-state index is 0. The standard InChI is InChI=1S/C12H12O8Si.C3H4O2.Li/c1-5-9(13)17-21(18-10(14)6-2,19-11(15)7-3)20-12(16)8-4;1-2-3(4)5;/h5-8H,1-4H2;2H,1H2,(H,4,5);/q;;+1/p-1. The van der Waals surface area contributed by atoms with Crippen LogP contribution < -0.4 is 24.0 Å². The molecule has 140 valence electrons. The van der Waals surface area contributed by atoms with Crippen molar-refractivity contribution in [2.45, 2.75) is 0 Å². The van der Waals surface area contributed by atoms with E-state index in [1.165, 1.54) is 0 Å². The van der Waals surface area contributed by atoms with Gasteiger partial charge in [0.05, 0.1) is 5.97 Å². The van der Waals surface area contributed by atoms with Crippen LogP contribution in [0.2, 0.25) is 0 Å². The topological polar surface area (TPSA) is 145 Å². The fraction of sp³-hybridized carbons (Fsp3) is 0. The first-order valence-corrected chi connectivity index (χ1v) is 7.98. The van der Waals surface area contributed by atoms with Gasteiger partial charge < -0.3 is 27.6 Å². The molecule has 12 heteroatoms. The Morgan fingerprint density at radius 3 is 0.889 bits per heavy atom. The van der Waals surface area contributed by atoms with Gasteiger partial charge in [-0.05, 0) is 6.08 Å². The zero-order valence-corrected chi connectivity index (χ0v) is 15.5. The van der Waals surface area contributed by atoms with Crippen LogP contribution >= 0.6 is 0 Å². The molecule has 0 N–H and O–H groups in total. The molecule has 0 aliphatic rings. The van der Waals surface area contributed by atoms with Crippen molar-refractivity contribution >= 4 is 38.9 Å². The summed E-state index contributed by atoms with van der Waals surface area (Å²) < 4.78 is 18.5. The number of carboxylic acid groups (broad SMARTS) is 1. The molecule has 0 aromatic heterocycles. The second kappa shape index (κ2) is 15.1. The maximum absolute atomic E-state index is 11.3. The summed E-state index contributed by atoms with van der Waals surface area (Å²) >= 11 is 0. The molecule has 0 amide bonds. The first-order valence-electron chi connectivity index (χ1n) is 6.34. The van der Waals surface area contributed by atoms with E-state index < -0.39 is 38.9 Å². The zero-order valence-electron chi connectivity index (χ0n) is 14.5. The quantitative estimate of drug-likeness (QED) is 0.284. The number of carbonyl (C=O) groups excluding carboxylic acids is 5. The molecule has 0 heterocycles. The van der Waals surface area contributed by atoms with Gasteiger partial charge >= 0.3 is 51.8 Å². The predicted molar refractivity (Wildman–Crippen MR) is 86.1 cm³/mol. The van der Waals surface area contributed by atoms with Crippen molar-refractivity contribution in [2.75, 3.05) is 0 Å².